The number of esters is 2. The summed E-state index contributed by atoms with van der Waals surface area (Å²) in [6, 6.07) is 6.63. The van der Waals surface area contributed by atoms with Crippen LogP contribution in [0, 0.1) is 0 Å². The Bertz CT molecular complexity index is 1200. The van der Waals surface area contributed by atoms with Crippen molar-refractivity contribution in [2.24, 2.45) is 0 Å². The van der Waals surface area contributed by atoms with E-state index in [0.29, 0.717) is 22.3 Å². The molecule has 0 heterocycles. The molecule has 0 amide bonds. The molecule has 2 N–H and O–H groups in total. The molecule has 2 aromatic carbocycles. The molecular formula is C32H42O8. The van der Waals surface area contributed by atoms with Gasteiger partial charge in [0.15, 0.2) is 23.0 Å². The molecule has 0 aromatic heterocycles. The van der Waals surface area contributed by atoms with Crippen molar-refractivity contribution < 1.29 is 38.7 Å². The molecular weight excluding hydrogens is 512 g/mol. The summed E-state index contributed by atoms with van der Waals surface area (Å²) in [6.45, 7) is 15.2. The highest BCUT2D eigenvalue weighted by molar-refractivity contribution is 6.12. The van der Waals surface area contributed by atoms with Crippen molar-refractivity contribution in [1.29, 1.82) is 0 Å². The number of ether oxygens (including phenoxy) is 4. The third kappa shape index (κ3) is 7.58. The van der Waals surface area contributed by atoms with Gasteiger partial charge in [-0.1, -0.05) is 41.5 Å². The molecule has 0 aliphatic carbocycles. The standard InChI is InChI=1S/C32H42O8/c1-11-39-29(35)21(13-19-15-23(31(3,4)5)27(33)25(17-19)37-9)22(30(36)40-12-2)14-20-16-24(32(6,7)8)28(34)26(18-20)38-10/h13-18,33-34H,11-12H2,1-10H3/b21-13+,22-14+. The van der Waals surface area contributed by atoms with Gasteiger partial charge in [-0.15, -0.1) is 0 Å². The molecule has 8 nitrogen and oxygen atoms in total. The second kappa shape index (κ2) is 12.9. The van der Waals surface area contributed by atoms with E-state index in [0.717, 1.165) is 0 Å². The van der Waals surface area contributed by atoms with E-state index in [9.17, 15) is 19.8 Å². The first-order valence-corrected chi connectivity index (χ1v) is 13.2. The molecule has 0 fully saturated rings. The van der Waals surface area contributed by atoms with Gasteiger partial charge in [0, 0.05) is 11.1 Å². The van der Waals surface area contributed by atoms with Crippen LogP contribution in [-0.4, -0.2) is 49.6 Å². The predicted octanol–water partition coefficient (Wildman–Crippen LogP) is 6.30. The van der Waals surface area contributed by atoms with Gasteiger partial charge in [-0.05, 0) is 72.2 Å². The Morgan fingerprint density at radius 3 is 1.25 bits per heavy atom. The summed E-state index contributed by atoms with van der Waals surface area (Å²) < 4.78 is 21.5. The molecule has 40 heavy (non-hydrogen) atoms. The van der Waals surface area contributed by atoms with Gasteiger partial charge in [-0.25, -0.2) is 9.59 Å². The van der Waals surface area contributed by atoms with Crippen molar-refractivity contribution in [3.63, 3.8) is 0 Å². The molecule has 0 unspecified atom stereocenters. The minimum atomic E-state index is -0.729. The summed E-state index contributed by atoms with van der Waals surface area (Å²) >= 11 is 0. The van der Waals surface area contributed by atoms with Gasteiger partial charge in [-0.2, -0.15) is 0 Å². The summed E-state index contributed by atoms with van der Waals surface area (Å²) in [7, 11) is 2.88. The van der Waals surface area contributed by atoms with Crippen LogP contribution in [-0.2, 0) is 29.9 Å². The molecule has 0 radical (unpaired) electrons. The predicted molar refractivity (Wildman–Crippen MR) is 156 cm³/mol. The number of methoxy groups -OCH3 is 2. The lowest BCUT2D eigenvalue weighted by Crippen LogP contribution is -2.17. The number of carbonyl (C=O) groups is 2. The fraction of sp³-hybridized carbons (Fsp3) is 0.438. The maximum absolute atomic E-state index is 13.3. The quantitative estimate of drug-likeness (QED) is 0.211. The molecule has 0 saturated heterocycles. The van der Waals surface area contributed by atoms with Crippen molar-refractivity contribution in [2.75, 3.05) is 27.4 Å². The monoisotopic (exact) mass is 554 g/mol. The van der Waals surface area contributed by atoms with Crippen LogP contribution in [0.15, 0.2) is 35.4 Å². The van der Waals surface area contributed by atoms with E-state index in [1.807, 2.05) is 41.5 Å². The lowest BCUT2D eigenvalue weighted by atomic mass is 9.84. The van der Waals surface area contributed by atoms with Gasteiger partial charge in [0.05, 0.1) is 38.6 Å². The average molecular weight is 555 g/mol. The zero-order valence-corrected chi connectivity index (χ0v) is 25.2. The maximum Gasteiger partial charge on any atom is 0.339 e. The minimum absolute atomic E-state index is 0.00288. The molecule has 2 aromatic rings. The van der Waals surface area contributed by atoms with Crippen LogP contribution < -0.4 is 9.47 Å². The lowest BCUT2D eigenvalue weighted by molar-refractivity contribution is -0.141. The zero-order valence-electron chi connectivity index (χ0n) is 25.2. The number of benzene rings is 2. The molecule has 8 heteroatoms. The van der Waals surface area contributed by atoms with E-state index in [-0.39, 0.29) is 47.4 Å². The Morgan fingerprint density at radius 1 is 0.675 bits per heavy atom. The number of aromatic hydroxyl groups is 2. The largest absolute Gasteiger partial charge is 0.504 e. The Hall–Kier alpha value is -3.94. The third-order valence-electron chi connectivity index (χ3n) is 6.15. The number of hydrogen-bond acceptors (Lipinski definition) is 8. The normalized spacial score (nSPS) is 12.7. The van der Waals surface area contributed by atoms with E-state index in [1.54, 1.807) is 38.1 Å². The van der Waals surface area contributed by atoms with Gasteiger partial charge in [0.2, 0.25) is 0 Å². The first-order chi connectivity index (χ1) is 18.6. The van der Waals surface area contributed by atoms with Gasteiger partial charge in [0.25, 0.3) is 0 Å². The van der Waals surface area contributed by atoms with Crippen LogP contribution in [0.3, 0.4) is 0 Å². The summed E-state index contributed by atoms with van der Waals surface area (Å²) in [5.74, 6) is -1.02. The van der Waals surface area contributed by atoms with E-state index in [2.05, 4.69) is 0 Å². The van der Waals surface area contributed by atoms with Crippen LogP contribution in [0.25, 0.3) is 12.2 Å². The van der Waals surface area contributed by atoms with Crippen molar-refractivity contribution in [3.05, 3.63) is 57.7 Å². The molecule has 0 aliphatic rings. The van der Waals surface area contributed by atoms with E-state index >= 15 is 0 Å². The van der Waals surface area contributed by atoms with Crippen molar-refractivity contribution in [1.82, 2.24) is 0 Å². The number of carbonyl (C=O) groups excluding carboxylic acids is 2. The van der Waals surface area contributed by atoms with Gasteiger partial charge >= 0.3 is 11.9 Å². The van der Waals surface area contributed by atoms with Crippen molar-refractivity contribution >= 4 is 24.1 Å². The highest BCUT2D eigenvalue weighted by atomic mass is 16.5. The topological polar surface area (TPSA) is 112 Å². The fourth-order valence-electron chi connectivity index (χ4n) is 4.12. The smallest absolute Gasteiger partial charge is 0.339 e. The number of phenolic OH excluding ortho intramolecular Hbond substituents is 2. The first kappa shape index (κ1) is 32.3. The third-order valence-corrected chi connectivity index (χ3v) is 6.15. The van der Waals surface area contributed by atoms with Crippen molar-refractivity contribution in [2.45, 2.75) is 66.2 Å². The minimum Gasteiger partial charge on any atom is -0.504 e. The Morgan fingerprint density at radius 2 is 1.00 bits per heavy atom. The van der Waals surface area contributed by atoms with Crippen LogP contribution in [0.1, 0.15) is 77.6 Å². The number of phenols is 2. The molecule has 2 rings (SSSR count). The number of hydrogen-bond donors (Lipinski definition) is 2. The van der Waals surface area contributed by atoms with Gasteiger partial charge in [-0.3, -0.25) is 0 Å². The summed E-state index contributed by atoms with van der Waals surface area (Å²) in [4.78, 5) is 26.6. The summed E-state index contributed by atoms with van der Waals surface area (Å²) in [5.41, 5.74) is 1.23. The lowest BCUT2D eigenvalue weighted by Gasteiger charge is -2.23. The second-order valence-electron chi connectivity index (χ2n) is 11.3. The Balaban J connectivity index is 2.96. The first-order valence-electron chi connectivity index (χ1n) is 13.2. The van der Waals surface area contributed by atoms with E-state index in [4.69, 9.17) is 18.9 Å². The Kier molecular flexibility index (Phi) is 10.4. The average Bonchev–Trinajstić information content (AvgIpc) is 2.86. The summed E-state index contributed by atoms with van der Waals surface area (Å²) in [5, 5.41) is 21.5. The number of rotatable bonds is 9. The van der Waals surface area contributed by atoms with Crippen molar-refractivity contribution in [3.8, 4) is 23.0 Å². The molecule has 0 bridgehead atoms. The van der Waals surface area contributed by atoms with Gasteiger partial charge in [0.1, 0.15) is 0 Å². The van der Waals surface area contributed by atoms with E-state index < -0.39 is 22.8 Å². The summed E-state index contributed by atoms with van der Waals surface area (Å²) in [6.07, 6.45) is 3.03. The molecule has 0 aliphatic heterocycles. The molecule has 0 saturated carbocycles. The van der Waals surface area contributed by atoms with Crippen LogP contribution in [0.2, 0.25) is 0 Å². The van der Waals surface area contributed by atoms with E-state index in [1.165, 1.54) is 26.4 Å². The SMILES string of the molecule is CCOC(=O)C(=C/c1cc(OC)c(O)c(C(C)(C)C)c1)/C(=C\c1cc(OC)c(O)c(C(C)(C)C)c1)C(=O)OCC. The molecule has 0 atom stereocenters. The molecule has 0 spiro atoms. The second-order valence-corrected chi connectivity index (χ2v) is 11.3. The van der Waals surface area contributed by atoms with Gasteiger partial charge < -0.3 is 29.2 Å². The van der Waals surface area contributed by atoms with Crippen LogP contribution >= 0.6 is 0 Å². The zero-order chi connectivity index (χ0) is 30.4. The fourth-order valence-corrected chi connectivity index (χ4v) is 4.12. The maximum atomic E-state index is 13.3. The Labute approximate surface area is 237 Å². The highest BCUT2D eigenvalue weighted by Gasteiger charge is 2.27. The highest BCUT2D eigenvalue weighted by Crippen LogP contribution is 2.41. The van der Waals surface area contributed by atoms with Crippen LogP contribution in [0.5, 0.6) is 23.0 Å². The van der Waals surface area contributed by atoms with Crippen LogP contribution in [0.4, 0.5) is 0 Å². The molecule has 218 valence electrons.